The lowest BCUT2D eigenvalue weighted by molar-refractivity contribution is 0.249. The molecule has 2 aromatic rings. The second-order valence-corrected chi connectivity index (χ2v) is 4.63. The van der Waals surface area contributed by atoms with Gasteiger partial charge in [0, 0.05) is 24.2 Å². The maximum absolute atomic E-state index is 11.8. The van der Waals surface area contributed by atoms with Gasteiger partial charge < -0.3 is 15.2 Å². The number of aromatic nitrogens is 2. The quantitative estimate of drug-likeness (QED) is 0.898. The molecular formula is C14H18N4O2. The summed E-state index contributed by atoms with van der Waals surface area (Å²) in [6.07, 6.45) is 0.885. The Morgan fingerprint density at radius 2 is 2.25 bits per heavy atom. The van der Waals surface area contributed by atoms with Crippen molar-refractivity contribution < 1.29 is 9.32 Å². The number of hydrogen-bond donors (Lipinski definition) is 2. The molecule has 0 aliphatic heterocycles. The molecule has 0 fully saturated rings. The first kappa shape index (κ1) is 14.0. The van der Waals surface area contributed by atoms with E-state index in [9.17, 15) is 4.79 Å². The van der Waals surface area contributed by atoms with Crippen molar-refractivity contribution in [2.45, 2.75) is 33.2 Å². The number of anilines is 1. The second-order valence-electron chi connectivity index (χ2n) is 4.63. The average molecular weight is 274 g/mol. The SMILES string of the molecule is CCC(C)NC(=O)Nc1cccc(-c2noc(C)n2)c1. The van der Waals surface area contributed by atoms with Gasteiger partial charge in [0.2, 0.25) is 11.7 Å². The van der Waals surface area contributed by atoms with Crippen LogP contribution in [0, 0.1) is 6.92 Å². The van der Waals surface area contributed by atoms with Crippen LogP contribution in [-0.4, -0.2) is 22.2 Å². The van der Waals surface area contributed by atoms with Crippen molar-refractivity contribution in [1.82, 2.24) is 15.5 Å². The summed E-state index contributed by atoms with van der Waals surface area (Å²) in [5, 5.41) is 9.48. The minimum Gasteiger partial charge on any atom is -0.339 e. The molecule has 0 aliphatic carbocycles. The summed E-state index contributed by atoms with van der Waals surface area (Å²) in [6.45, 7) is 5.71. The molecule has 0 radical (unpaired) electrons. The van der Waals surface area contributed by atoms with Crippen LogP contribution in [0.3, 0.4) is 0 Å². The zero-order valence-electron chi connectivity index (χ0n) is 11.8. The molecule has 6 nitrogen and oxygen atoms in total. The highest BCUT2D eigenvalue weighted by Crippen LogP contribution is 2.19. The van der Waals surface area contributed by atoms with Gasteiger partial charge in [0.05, 0.1) is 0 Å². The molecule has 1 heterocycles. The summed E-state index contributed by atoms with van der Waals surface area (Å²) in [5.74, 6) is 1.02. The number of urea groups is 1. The lowest BCUT2D eigenvalue weighted by atomic mass is 10.2. The van der Waals surface area contributed by atoms with E-state index in [0.29, 0.717) is 17.4 Å². The van der Waals surface area contributed by atoms with Crippen LogP contribution in [0.1, 0.15) is 26.2 Å². The number of amides is 2. The maximum Gasteiger partial charge on any atom is 0.319 e. The summed E-state index contributed by atoms with van der Waals surface area (Å²) < 4.78 is 4.95. The molecule has 2 N–H and O–H groups in total. The molecule has 0 saturated carbocycles. The van der Waals surface area contributed by atoms with Crippen molar-refractivity contribution in [2.24, 2.45) is 0 Å². The monoisotopic (exact) mass is 274 g/mol. The first-order chi connectivity index (χ1) is 9.58. The van der Waals surface area contributed by atoms with E-state index < -0.39 is 0 Å². The molecule has 0 bridgehead atoms. The third-order valence-electron chi connectivity index (χ3n) is 2.90. The van der Waals surface area contributed by atoms with E-state index in [4.69, 9.17) is 4.52 Å². The molecule has 106 valence electrons. The Hall–Kier alpha value is -2.37. The van der Waals surface area contributed by atoms with Gasteiger partial charge in [-0.25, -0.2) is 4.79 Å². The van der Waals surface area contributed by atoms with Crippen molar-refractivity contribution in [3.63, 3.8) is 0 Å². The van der Waals surface area contributed by atoms with Gasteiger partial charge in [-0.05, 0) is 25.5 Å². The van der Waals surface area contributed by atoms with Crippen molar-refractivity contribution in [3.05, 3.63) is 30.2 Å². The number of rotatable bonds is 4. The lowest BCUT2D eigenvalue weighted by Crippen LogP contribution is -2.35. The van der Waals surface area contributed by atoms with E-state index in [1.165, 1.54) is 0 Å². The fourth-order valence-corrected chi connectivity index (χ4v) is 1.65. The van der Waals surface area contributed by atoms with Gasteiger partial charge in [-0.15, -0.1) is 0 Å². The molecule has 1 unspecified atom stereocenters. The Morgan fingerprint density at radius 1 is 1.45 bits per heavy atom. The van der Waals surface area contributed by atoms with Crippen LogP contribution in [0.2, 0.25) is 0 Å². The average Bonchev–Trinajstić information content (AvgIpc) is 2.85. The Balaban J connectivity index is 2.08. The predicted octanol–water partition coefficient (Wildman–Crippen LogP) is 2.97. The summed E-state index contributed by atoms with van der Waals surface area (Å²) in [5.41, 5.74) is 1.48. The van der Waals surface area contributed by atoms with E-state index in [-0.39, 0.29) is 12.1 Å². The van der Waals surface area contributed by atoms with E-state index >= 15 is 0 Å². The van der Waals surface area contributed by atoms with Crippen LogP contribution in [0.5, 0.6) is 0 Å². The molecule has 2 amide bonds. The Labute approximate surface area is 117 Å². The normalized spacial score (nSPS) is 11.9. The maximum atomic E-state index is 11.8. The highest BCUT2D eigenvalue weighted by atomic mass is 16.5. The fraction of sp³-hybridized carbons (Fsp3) is 0.357. The van der Waals surface area contributed by atoms with Gasteiger partial charge in [-0.2, -0.15) is 4.98 Å². The second kappa shape index (κ2) is 6.18. The summed E-state index contributed by atoms with van der Waals surface area (Å²) in [7, 11) is 0. The highest BCUT2D eigenvalue weighted by molar-refractivity contribution is 5.90. The molecule has 6 heteroatoms. The van der Waals surface area contributed by atoms with Crippen LogP contribution in [0.4, 0.5) is 10.5 Å². The molecule has 20 heavy (non-hydrogen) atoms. The Morgan fingerprint density at radius 3 is 2.90 bits per heavy atom. The molecule has 0 aliphatic rings. The molecule has 0 saturated heterocycles. The van der Waals surface area contributed by atoms with Crippen LogP contribution < -0.4 is 10.6 Å². The number of nitrogens with zero attached hydrogens (tertiary/aromatic N) is 2. The van der Waals surface area contributed by atoms with Crippen molar-refractivity contribution in [2.75, 3.05) is 5.32 Å². The molecule has 1 aromatic carbocycles. The molecule has 1 aromatic heterocycles. The predicted molar refractivity (Wildman–Crippen MR) is 76.4 cm³/mol. The van der Waals surface area contributed by atoms with Crippen molar-refractivity contribution >= 4 is 11.7 Å². The minimum atomic E-state index is -0.221. The number of hydrogen-bond acceptors (Lipinski definition) is 4. The minimum absolute atomic E-state index is 0.137. The van der Waals surface area contributed by atoms with E-state index in [0.717, 1.165) is 12.0 Å². The molecule has 1 atom stereocenters. The third-order valence-corrected chi connectivity index (χ3v) is 2.90. The van der Waals surface area contributed by atoms with Gasteiger partial charge in [-0.3, -0.25) is 0 Å². The zero-order valence-corrected chi connectivity index (χ0v) is 11.8. The standard InChI is InChI=1S/C14H18N4O2/c1-4-9(2)15-14(19)17-12-7-5-6-11(8-12)13-16-10(3)20-18-13/h5-9H,4H2,1-3H3,(H2,15,17,19). The first-order valence-electron chi connectivity index (χ1n) is 6.56. The number of nitrogens with one attached hydrogen (secondary N) is 2. The van der Waals surface area contributed by atoms with Gasteiger partial charge in [0.15, 0.2) is 0 Å². The zero-order chi connectivity index (χ0) is 14.5. The van der Waals surface area contributed by atoms with Gasteiger partial charge in [0.25, 0.3) is 0 Å². The van der Waals surface area contributed by atoms with Crippen molar-refractivity contribution in [1.29, 1.82) is 0 Å². The van der Waals surface area contributed by atoms with Crippen LogP contribution in [-0.2, 0) is 0 Å². The molecule has 0 spiro atoms. The summed E-state index contributed by atoms with van der Waals surface area (Å²) in [6, 6.07) is 7.23. The lowest BCUT2D eigenvalue weighted by Gasteiger charge is -2.12. The smallest absolute Gasteiger partial charge is 0.319 e. The number of carbonyl (C=O) groups excluding carboxylic acids is 1. The van der Waals surface area contributed by atoms with Crippen LogP contribution >= 0.6 is 0 Å². The largest absolute Gasteiger partial charge is 0.339 e. The summed E-state index contributed by atoms with van der Waals surface area (Å²) in [4.78, 5) is 15.9. The van der Waals surface area contributed by atoms with Gasteiger partial charge in [0.1, 0.15) is 0 Å². The fourth-order valence-electron chi connectivity index (χ4n) is 1.65. The van der Waals surface area contributed by atoms with E-state index in [1.807, 2.05) is 32.0 Å². The first-order valence-corrected chi connectivity index (χ1v) is 6.56. The van der Waals surface area contributed by atoms with E-state index in [1.54, 1.807) is 13.0 Å². The summed E-state index contributed by atoms with van der Waals surface area (Å²) >= 11 is 0. The van der Waals surface area contributed by atoms with E-state index in [2.05, 4.69) is 20.8 Å². The molecule has 2 rings (SSSR count). The Kier molecular flexibility index (Phi) is 4.34. The van der Waals surface area contributed by atoms with Crippen LogP contribution in [0.15, 0.2) is 28.8 Å². The third kappa shape index (κ3) is 3.57. The molecular weight excluding hydrogens is 256 g/mol. The van der Waals surface area contributed by atoms with Gasteiger partial charge >= 0.3 is 6.03 Å². The highest BCUT2D eigenvalue weighted by Gasteiger charge is 2.08. The number of carbonyl (C=O) groups is 1. The van der Waals surface area contributed by atoms with Crippen molar-refractivity contribution in [3.8, 4) is 11.4 Å². The van der Waals surface area contributed by atoms with Crippen LogP contribution in [0.25, 0.3) is 11.4 Å². The number of benzene rings is 1. The number of aryl methyl sites for hydroxylation is 1. The van der Waals surface area contributed by atoms with Gasteiger partial charge in [-0.1, -0.05) is 24.2 Å². The Bertz CT molecular complexity index is 594. The topological polar surface area (TPSA) is 80.0 Å².